The van der Waals surface area contributed by atoms with Crippen LogP contribution in [0.15, 0.2) is 41.5 Å². The zero-order valence-electron chi connectivity index (χ0n) is 10.2. The van der Waals surface area contributed by atoms with Crippen molar-refractivity contribution < 1.29 is 9.90 Å². The SMILES string of the molecule is CC(C(=O)O)c1ccc(-n2ccn(C)c2=O)cc1. The first kappa shape index (κ1) is 12.2. The first-order valence-corrected chi connectivity index (χ1v) is 5.58. The first-order valence-electron chi connectivity index (χ1n) is 5.58. The van der Waals surface area contributed by atoms with Gasteiger partial charge in [-0.1, -0.05) is 12.1 Å². The molecule has 1 unspecified atom stereocenters. The van der Waals surface area contributed by atoms with Gasteiger partial charge in [0.1, 0.15) is 0 Å². The second-order valence-electron chi connectivity index (χ2n) is 4.21. The summed E-state index contributed by atoms with van der Waals surface area (Å²) in [6, 6.07) is 6.95. The van der Waals surface area contributed by atoms with Crippen LogP contribution in [-0.2, 0) is 11.8 Å². The molecule has 0 saturated carbocycles. The van der Waals surface area contributed by atoms with Crippen LogP contribution in [0.3, 0.4) is 0 Å². The molecule has 5 nitrogen and oxygen atoms in total. The zero-order valence-corrected chi connectivity index (χ0v) is 10.2. The Morgan fingerprint density at radius 1 is 1.22 bits per heavy atom. The maximum atomic E-state index is 11.7. The molecule has 1 atom stereocenters. The minimum Gasteiger partial charge on any atom is -0.481 e. The zero-order chi connectivity index (χ0) is 13.3. The standard InChI is InChI=1S/C13H14N2O3/c1-9(12(16)17)10-3-5-11(6-4-10)15-8-7-14(2)13(15)18/h3-9H,1-2H3,(H,16,17). The van der Waals surface area contributed by atoms with Crippen LogP contribution >= 0.6 is 0 Å². The van der Waals surface area contributed by atoms with E-state index >= 15 is 0 Å². The third-order valence-electron chi connectivity index (χ3n) is 2.99. The lowest BCUT2D eigenvalue weighted by atomic mass is 10.0. The number of aliphatic carboxylic acids is 1. The predicted octanol–water partition coefficient (Wildman–Crippen LogP) is 1.36. The minimum absolute atomic E-state index is 0.131. The van der Waals surface area contributed by atoms with E-state index in [2.05, 4.69) is 0 Å². The van der Waals surface area contributed by atoms with E-state index in [4.69, 9.17) is 5.11 Å². The molecule has 5 heteroatoms. The fourth-order valence-electron chi connectivity index (χ4n) is 1.73. The number of carbonyl (C=O) groups is 1. The fourth-order valence-corrected chi connectivity index (χ4v) is 1.73. The summed E-state index contributed by atoms with van der Waals surface area (Å²) in [5.41, 5.74) is 1.31. The van der Waals surface area contributed by atoms with Crippen LogP contribution in [0.25, 0.3) is 5.69 Å². The third kappa shape index (κ3) is 2.07. The molecular weight excluding hydrogens is 232 g/mol. The van der Waals surface area contributed by atoms with E-state index in [1.165, 1.54) is 9.13 Å². The smallest absolute Gasteiger partial charge is 0.332 e. The number of aryl methyl sites for hydroxylation is 1. The van der Waals surface area contributed by atoms with Crippen molar-refractivity contribution in [1.82, 2.24) is 9.13 Å². The first-order chi connectivity index (χ1) is 8.50. The van der Waals surface area contributed by atoms with Gasteiger partial charge < -0.3 is 9.67 Å². The Labute approximate surface area is 104 Å². The Morgan fingerprint density at radius 3 is 2.28 bits per heavy atom. The van der Waals surface area contributed by atoms with Crippen LogP contribution in [-0.4, -0.2) is 20.2 Å². The predicted molar refractivity (Wildman–Crippen MR) is 67.1 cm³/mol. The van der Waals surface area contributed by atoms with Gasteiger partial charge in [-0.15, -0.1) is 0 Å². The number of benzene rings is 1. The van der Waals surface area contributed by atoms with Gasteiger partial charge in [-0.2, -0.15) is 0 Å². The highest BCUT2D eigenvalue weighted by molar-refractivity contribution is 5.75. The number of imidazole rings is 1. The Kier molecular flexibility index (Phi) is 3.06. The number of rotatable bonds is 3. The number of carboxylic acids is 1. The lowest BCUT2D eigenvalue weighted by Crippen LogP contribution is -2.20. The summed E-state index contributed by atoms with van der Waals surface area (Å²) in [6.45, 7) is 1.63. The van der Waals surface area contributed by atoms with Gasteiger partial charge in [0.25, 0.3) is 0 Å². The molecule has 0 saturated heterocycles. The molecule has 94 valence electrons. The van der Waals surface area contributed by atoms with Crippen molar-refractivity contribution in [1.29, 1.82) is 0 Å². The van der Waals surface area contributed by atoms with Crippen LogP contribution in [0.2, 0.25) is 0 Å². The van der Waals surface area contributed by atoms with Gasteiger partial charge in [-0.25, -0.2) is 4.79 Å². The molecule has 1 N–H and O–H groups in total. The van der Waals surface area contributed by atoms with Crippen molar-refractivity contribution in [3.63, 3.8) is 0 Å². The fraction of sp³-hybridized carbons (Fsp3) is 0.231. The highest BCUT2D eigenvalue weighted by Gasteiger charge is 2.13. The molecule has 1 aromatic heterocycles. The van der Waals surface area contributed by atoms with Gasteiger partial charge in [0.05, 0.1) is 11.6 Å². The molecule has 0 aliphatic heterocycles. The van der Waals surface area contributed by atoms with E-state index < -0.39 is 11.9 Å². The molecule has 0 spiro atoms. The topological polar surface area (TPSA) is 64.2 Å². The normalized spacial score (nSPS) is 12.3. The molecule has 0 amide bonds. The van der Waals surface area contributed by atoms with Crippen molar-refractivity contribution in [2.75, 3.05) is 0 Å². The number of carboxylic acid groups (broad SMARTS) is 1. The average Bonchev–Trinajstić information content (AvgIpc) is 2.69. The second kappa shape index (κ2) is 4.52. The van der Waals surface area contributed by atoms with Crippen molar-refractivity contribution in [2.45, 2.75) is 12.8 Å². The van der Waals surface area contributed by atoms with Gasteiger partial charge in [0.15, 0.2) is 0 Å². The number of nitrogens with zero attached hydrogens (tertiary/aromatic N) is 2. The molecule has 0 bridgehead atoms. The molecule has 1 aromatic carbocycles. The molecule has 0 aliphatic carbocycles. The lowest BCUT2D eigenvalue weighted by Gasteiger charge is -2.07. The summed E-state index contributed by atoms with van der Waals surface area (Å²) >= 11 is 0. The molecule has 2 aromatic rings. The van der Waals surface area contributed by atoms with E-state index in [0.717, 1.165) is 11.3 Å². The maximum Gasteiger partial charge on any atom is 0.332 e. The van der Waals surface area contributed by atoms with E-state index in [0.29, 0.717) is 0 Å². The van der Waals surface area contributed by atoms with E-state index in [9.17, 15) is 9.59 Å². The maximum absolute atomic E-state index is 11.7. The second-order valence-corrected chi connectivity index (χ2v) is 4.21. The highest BCUT2D eigenvalue weighted by atomic mass is 16.4. The number of hydrogen-bond acceptors (Lipinski definition) is 2. The summed E-state index contributed by atoms with van der Waals surface area (Å²) in [4.78, 5) is 22.6. The summed E-state index contributed by atoms with van der Waals surface area (Å²) in [5.74, 6) is -1.41. The monoisotopic (exact) mass is 246 g/mol. The van der Waals surface area contributed by atoms with Crippen molar-refractivity contribution in [3.05, 3.63) is 52.7 Å². The van der Waals surface area contributed by atoms with Crippen LogP contribution in [0.4, 0.5) is 0 Å². The van der Waals surface area contributed by atoms with Crippen LogP contribution in [0.5, 0.6) is 0 Å². The van der Waals surface area contributed by atoms with Crippen LogP contribution < -0.4 is 5.69 Å². The molecular formula is C13H14N2O3. The molecule has 18 heavy (non-hydrogen) atoms. The van der Waals surface area contributed by atoms with Crippen molar-refractivity contribution >= 4 is 5.97 Å². The molecule has 0 aliphatic rings. The lowest BCUT2D eigenvalue weighted by molar-refractivity contribution is -0.138. The van der Waals surface area contributed by atoms with Crippen molar-refractivity contribution in [3.8, 4) is 5.69 Å². The van der Waals surface area contributed by atoms with Gasteiger partial charge >= 0.3 is 11.7 Å². The Balaban J connectivity index is 2.36. The van der Waals surface area contributed by atoms with E-state index in [1.54, 1.807) is 50.6 Å². The van der Waals surface area contributed by atoms with Crippen molar-refractivity contribution in [2.24, 2.45) is 7.05 Å². The highest BCUT2D eigenvalue weighted by Crippen LogP contribution is 2.17. The van der Waals surface area contributed by atoms with Gasteiger partial charge in [-0.3, -0.25) is 9.36 Å². The van der Waals surface area contributed by atoms with Gasteiger partial charge in [0.2, 0.25) is 0 Å². The minimum atomic E-state index is -0.861. The Morgan fingerprint density at radius 2 is 1.83 bits per heavy atom. The van der Waals surface area contributed by atoms with E-state index in [-0.39, 0.29) is 5.69 Å². The largest absolute Gasteiger partial charge is 0.481 e. The quantitative estimate of drug-likeness (QED) is 0.889. The Hall–Kier alpha value is -2.30. The third-order valence-corrected chi connectivity index (χ3v) is 2.99. The van der Waals surface area contributed by atoms with Crippen LogP contribution in [0, 0.1) is 0 Å². The Bertz CT molecular complexity index is 622. The van der Waals surface area contributed by atoms with Gasteiger partial charge in [0, 0.05) is 19.4 Å². The van der Waals surface area contributed by atoms with Crippen LogP contribution in [0.1, 0.15) is 18.4 Å². The average molecular weight is 246 g/mol. The van der Waals surface area contributed by atoms with Gasteiger partial charge in [-0.05, 0) is 24.6 Å². The molecule has 1 heterocycles. The number of hydrogen-bond donors (Lipinski definition) is 1. The molecule has 0 fully saturated rings. The summed E-state index contributed by atoms with van der Waals surface area (Å²) in [7, 11) is 1.68. The molecule has 0 radical (unpaired) electrons. The summed E-state index contributed by atoms with van der Waals surface area (Å²) < 4.78 is 2.99. The summed E-state index contributed by atoms with van der Waals surface area (Å²) in [6.07, 6.45) is 3.36. The molecule has 2 rings (SSSR count). The summed E-state index contributed by atoms with van der Waals surface area (Å²) in [5, 5.41) is 8.91. The van der Waals surface area contributed by atoms with E-state index in [1.807, 2.05) is 0 Å². The number of aromatic nitrogens is 2.